The summed E-state index contributed by atoms with van der Waals surface area (Å²) in [7, 11) is 0. The van der Waals surface area contributed by atoms with Gasteiger partial charge in [0.05, 0.1) is 17.4 Å². The summed E-state index contributed by atoms with van der Waals surface area (Å²) in [5, 5.41) is 19.1. The zero-order chi connectivity index (χ0) is 12.8. The van der Waals surface area contributed by atoms with Gasteiger partial charge in [0.1, 0.15) is 6.10 Å². The molecule has 88 valence electrons. The Morgan fingerprint density at radius 2 is 2.12 bits per heavy atom. The Balaban J connectivity index is 2.91. The zero-order valence-electron chi connectivity index (χ0n) is 9.12. The Kier molecular flexibility index (Phi) is 4.17. The maximum Gasteiger partial charge on any atom is 0.303 e. The first kappa shape index (κ1) is 12.6. The normalized spacial score (nSPS) is 11.3. The van der Waals surface area contributed by atoms with Gasteiger partial charge in [-0.2, -0.15) is 5.26 Å². The number of esters is 1. The van der Waals surface area contributed by atoms with Crippen LogP contribution in [0.5, 0.6) is 0 Å². The molecule has 0 spiro atoms. The molecule has 0 saturated carbocycles. The molecule has 6 heteroatoms. The van der Waals surface area contributed by atoms with Crippen LogP contribution in [-0.2, 0) is 9.53 Å². The second kappa shape index (κ2) is 5.61. The van der Waals surface area contributed by atoms with E-state index in [1.807, 2.05) is 6.07 Å². The minimum absolute atomic E-state index is 0.0113. The summed E-state index contributed by atoms with van der Waals surface area (Å²) in [5.74, 6) is -0.497. The Morgan fingerprint density at radius 1 is 1.53 bits per heavy atom. The number of benzene rings is 1. The van der Waals surface area contributed by atoms with Gasteiger partial charge in [-0.1, -0.05) is 0 Å². The summed E-state index contributed by atoms with van der Waals surface area (Å²) in [6.07, 6.45) is -0.671. The molecule has 1 atom stereocenters. The van der Waals surface area contributed by atoms with Gasteiger partial charge >= 0.3 is 5.97 Å². The van der Waals surface area contributed by atoms with E-state index in [0.717, 1.165) is 0 Å². The van der Waals surface area contributed by atoms with Crippen LogP contribution in [0.3, 0.4) is 0 Å². The van der Waals surface area contributed by atoms with E-state index in [0.29, 0.717) is 5.56 Å². The fourth-order valence-electron chi connectivity index (χ4n) is 1.32. The van der Waals surface area contributed by atoms with Crippen LogP contribution in [0.25, 0.3) is 0 Å². The summed E-state index contributed by atoms with van der Waals surface area (Å²) in [6, 6.07) is 7.47. The van der Waals surface area contributed by atoms with Crippen LogP contribution in [0.2, 0.25) is 0 Å². The van der Waals surface area contributed by atoms with Crippen LogP contribution in [-0.4, -0.2) is 10.9 Å². The fraction of sp³-hybridized carbons (Fsp3) is 0.273. The first-order valence-electron chi connectivity index (χ1n) is 4.83. The van der Waals surface area contributed by atoms with Crippen LogP contribution in [0.15, 0.2) is 24.3 Å². The lowest BCUT2D eigenvalue weighted by molar-refractivity contribution is -0.384. The number of rotatable bonds is 4. The monoisotopic (exact) mass is 234 g/mol. The molecular formula is C11H10N2O4. The van der Waals surface area contributed by atoms with Crippen LogP contribution < -0.4 is 0 Å². The molecule has 1 aromatic carbocycles. The van der Waals surface area contributed by atoms with Gasteiger partial charge in [-0.25, -0.2) is 0 Å². The van der Waals surface area contributed by atoms with E-state index in [9.17, 15) is 14.9 Å². The molecule has 1 aromatic rings. The molecule has 0 aliphatic heterocycles. The van der Waals surface area contributed by atoms with E-state index in [4.69, 9.17) is 10.00 Å². The zero-order valence-corrected chi connectivity index (χ0v) is 9.12. The lowest BCUT2D eigenvalue weighted by Gasteiger charge is -2.13. The van der Waals surface area contributed by atoms with E-state index in [1.165, 1.54) is 31.2 Å². The van der Waals surface area contributed by atoms with Gasteiger partial charge in [0.25, 0.3) is 5.69 Å². The van der Waals surface area contributed by atoms with E-state index < -0.39 is 17.0 Å². The van der Waals surface area contributed by atoms with Crippen LogP contribution in [0, 0.1) is 21.4 Å². The van der Waals surface area contributed by atoms with E-state index in [1.54, 1.807) is 0 Å². The standard InChI is InChI=1S/C11H10N2O4/c1-8(14)17-11(6-7-12)9-2-4-10(5-3-9)13(15)16/h2-5,11H,6H2,1H3/t11-/m1/s1. The Labute approximate surface area is 97.6 Å². The van der Waals surface area contributed by atoms with Crippen molar-refractivity contribution in [2.75, 3.05) is 0 Å². The Bertz CT molecular complexity index is 461. The van der Waals surface area contributed by atoms with Gasteiger partial charge in [-0.05, 0) is 17.7 Å². The highest BCUT2D eigenvalue weighted by Gasteiger charge is 2.15. The van der Waals surface area contributed by atoms with E-state index in [-0.39, 0.29) is 12.1 Å². The minimum atomic E-state index is -0.682. The van der Waals surface area contributed by atoms with Crippen molar-refractivity contribution in [3.8, 4) is 6.07 Å². The van der Waals surface area contributed by atoms with Gasteiger partial charge in [0.15, 0.2) is 0 Å². The molecule has 0 N–H and O–H groups in total. The average Bonchev–Trinajstić information content (AvgIpc) is 2.28. The summed E-state index contributed by atoms with van der Waals surface area (Å²) in [5.41, 5.74) is 0.514. The molecular weight excluding hydrogens is 224 g/mol. The summed E-state index contributed by atoms with van der Waals surface area (Å²) >= 11 is 0. The van der Waals surface area contributed by atoms with Crippen LogP contribution in [0.1, 0.15) is 25.0 Å². The highest BCUT2D eigenvalue weighted by Crippen LogP contribution is 2.23. The summed E-state index contributed by atoms with van der Waals surface area (Å²) in [4.78, 5) is 20.8. The number of carbonyl (C=O) groups is 1. The molecule has 0 aliphatic rings. The molecule has 17 heavy (non-hydrogen) atoms. The van der Waals surface area contributed by atoms with Crippen LogP contribution in [0.4, 0.5) is 5.69 Å². The molecule has 0 aliphatic carbocycles. The van der Waals surface area contributed by atoms with Gasteiger partial charge in [0.2, 0.25) is 0 Å². The predicted molar refractivity (Wildman–Crippen MR) is 57.8 cm³/mol. The van der Waals surface area contributed by atoms with Gasteiger partial charge < -0.3 is 4.74 Å². The number of non-ortho nitro benzene ring substituents is 1. The molecule has 0 fully saturated rings. The number of carbonyl (C=O) groups excluding carboxylic acids is 1. The number of nitro groups is 1. The summed E-state index contributed by atoms with van der Waals surface area (Å²) in [6.45, 7) is 1.25. The molecule has 0 bridgehead atoms. The number of nitriles is 1. The number of hydrogen-bond donors (Lipinski definition) is 0. The smallest absolute Gasteiger partial charge is 0.303 e. The molecule has 0 radical (unpaired) electrons. The second-order valence-electron chi connectivity index (χ2n) is 3.31. The van der Waals surface area contributed by atoms with Gasteiger partial charge in [-0.15, -0.1) is 0 Å². The van der Waals surface area contributed by atoms with Crippen molar-refractivity contribution in [2.45, 2.75) is 19.4 Å². The third kappa shape index (κ3) is 3.57. The third-order valence-electron chi connectivity index (χ3n) is 2.06. The van der Waals surface area contributed by atoms with Crippen LogP contribution >= 0.6 is 0 Å². The van der Waals surface area contributed by atoms with E-state index in [2.05, 4.69) is 0 Å². The van der Waals surface area contributed by atoms with Gasteiger partial charge in [-0.3, -0.25) is 14.9 Å². The maximum atomic E-state index is 10.8. The number of nitrogens with zero attached hydrogens (tertiary/aromatic N) is 2. The van der Waals surface area contributed by atoms with Crippen molar-refractivity contribution >= 4 is 11.7 Å². The molecule has 0 saturated heterocycles. The lowest BCUT2D eigenvalue weighted by atomic mass is 10.1. The predicted octanol–water partition coefficient (Wildman–Crippen LogP) is 2.11. The topological polar surface area (TPSA) is 93.2 Å². The first-order valence-corrected chi connectivity index (χ1v) is 4.83. The lowest BCUT2D eigenvalue weighted by Crippen LogP contribution is -2.08. The van der Waals surface area contributed by atoms with E-state index >= 15 is 0 Å². The van der Waals surface area contributed by atoms with Crippen molar-refractivity contribution < 1.29 is 14.5 Å². The quantitative estimate of drug-likeness (QED) is 0.451. The second-order valence-corrected chi connectivity index (χ2v) is 3.31. The SMILES string of the molecule is CC(=O)O[C@H](CC#N)c1ccc([N+](=O)[O-])cc1. The van der Waals surface area contributed by atoms with Crippen molar-refractivity contribution in [3.63, 3.8) is 0 Å². The van der Waals surface area contributed by atoms with Crippen molar-refractivity contribution in [3.05, 3.63) is 39.9 Å². The third-order valence-corrected chi connectivity index (χ3v) is 2.06. The average molecular weight is 234 g/mol. The molecule has 6 nitrogen and oxygen atoms in total. The molecule has 0 amide bonds. The highest BCUT2D eigenvalue weighted by molar-refractivity contribution is 5.66. The van der Waals surface area contributed by atoms with Gasteiger partial charge in [0, 0.05) is 19.1 Å². The van der Waals surface area contributed by atoms with Crippen molar-refractivity contribution in [1.82, 2.24) is 0 Å². The molecule has 1 rings (SSSR count). The fourth-order valence-corrected chi connectivity index (χ4v) is 1.32. The number of hydrogen-bond acceptors (Lipinski definition) is 5. The molecule has 0 unspecified atom stereocenters. The Hall–Kier alpha value is -2.42. The summed E-state index contributed by atoms with van der Waals surface area (Å²) < 4.78 is 4.95. The largest absolute Gasteiger partial charge is 0.457 e. The highest BCUT2D eigenvalue weighted by atomic mass is 16.6. The minimum Gasteiger partial charge on any atom is -0.457 e. The maximum absolute atomic E-state index is 10.8. The first-order chi connectivity index (χ1) is 8.04. The van der Waals surface area contributed by atoms with Crippen molar-refractivity contribution in [2.24, 2.45) is 0 Å². The number of nitro benzene ring substituents is 1. The molecule has 0 aromatic heterocycles. The Morgan fingerprint density at radius 3 is 2.53 bits per heavy atom. The number of ether oxygens (including phenoxy) is 1. The molecule has 0 heterocycles. The van der Waals surface area contributed by atoms with Crippen molar-refractivity contribution in [1.29, 1.82) is 5.26 Å².